The largest absolute Gasteiger partial charge is 0.369 e. The van der Waals surface area contributed by atoms with Gasteiger partial charge in [0.1, 0.15) is 0 Å². The van der Waals surface area contributed by atoms with E-state index >= 15 is 0 Å². The van der Waals surface area contributed by atoms with Crippen molar-refractivity contribution in [2.75, 3.05) is 0 Å². The van der Waals surface area contributed by atoms with Crippen LogP contribution in [0.25, 0.3) is 0 Å². The zero-order valence-electron chi connectivity index (χ0n) is 13.2. The fraction of sp³-hybridized carbons (Fsp3) is 0.368. The summed E-state index contributed by atoms with van der Waals surface area (Å²) in [5.41, 5.74) is 3.74. The SMILES string of the molecule is CC(C)NCc1ccc(COC(C)c2ccccc2)cc1. The van der Waals surface area contributed by atoms with Crippen LogP contribution in [-0.4, -0.2) is 6.04 Å². The van der Waals surface area contributed by atoms with Gasteiger partial charge in [0.15, 0.2) is 0 Å². The summed E-state index contributed by atoms with van der Waals surface area (Å²) in [6.45, 7) is 7.98. The summed E-state index contributed by atoms with van der Waals surface area (Å²) in [5.74, 6) is 0. The first-order valence-corrected chi connectivity index (χ1v) is 7.63. The molecule has 0 saturated carbocycles. The Morgan fingerprint density at radius 1 is 0.857 bits per heavy atom. The van der Waals surface area contributed by atoms with Crippen molar-refractivity contribution in [1.82, 2.24) is 5.32 Å². The predicted molar refractivity (Wildman–Crippen MR) is 88.1 cm³/mol. The molecule has 112 valence electrons. The Balaban J connectivity index is 1.83. The highest BCUT2D eigenvalue weighted by Crippen LogP contribution is 2.18. The van der Waals surface area contributed by atoms with Gasteiger partial charge >= 0.3 is 0 Å². The van der Waals surface area contributed by atoms with E-state index in [4.69, 9.17) is 4.74 Å². The maximum atomic E-state index is 5.94. The van der Waals surface area contributed by atoms with Crippen molar-refractivity contribution >= 4 is 0 Å². The average molecular weight is 283 g/mol. The molecule has 0 aliphatic rings. The molecule has 0 aliphatic heterocycles. The van der Waals surface area contributed by atoms with Gasteiger partial charge in [-0.1, -0.05) is 68.4 Å². The lowest BCUT2D eigenvalue weighted by Crippen LogP contribution is -2.21. The molecule has 2 nitrogen and oxygen atoms in total. The molecule has 0 amide bonds. The summed E-state index contributed by atoms with van der Waals surface area (Å²) in [4.78, 5) is 0. The van der Waals surface area contributed by atoms with Crippen LogP contribution in [0.4, 0.5) is 0 Å². The van der Waals surface area contributed by atoms with Crippen LogP contribution in [0.1, 0.15) is 43.6 Å². The number of benzene rings is 2. The minimum absolute atomic E-state index is 0.119. The van der Waals surface area contributed by atoms with Crippen LogP contribution in [0.5, 0.6) is 0 Å². The Labute approximate surface area is 128 Å². The van der Waals surface area contributed by atoms with Crippen LogP contribution in [0, 0.1) is 0 Å². The van der Waals surface area contributed by atoms with Crippen LogP contribution < -0.4 is 5.32 Å². The molecule has 1 atom stereocenters. The molecule has 21 heavy (non-hydrogen) atoms. The number of hydrogen-bond acceptors (Lipinski definition) is 2. The Bertz CT molecular complexity index is 519. The zero-order valence-corrected chi connectivity index (χ0v) is 13.2. The minimum atomic E-state index is 0.119. The molecule has 0 heterocycles. The first kappa shape index (κ1) is 15.7. The third-order valence-electron chi connectivity index (χ3n) is 3.51. The summed E-state index contributed by atoms with van der Waals surface area (Å²) in [5, 5.41) is 3.42. The fourth-order valence-corrected chi connectivity index (χ4v) is 2.12. The second-order valence-corrected chi connectivity index (χ2v) is 5.72. The van der Waals surface area contributed by atoms with Gasteiger partial charge in [0.05, 0.1) is 12.7 Å². The van der Waals surface area contributed by atoms with Gasteiger partial charge in [-0.15, -0.1) is 0 Å². The molecule has 2 heteroatoms. The third kappa shape index (κ3) is 5.33. The summed E-state index contributed by atoms with van der Waals surface area (Å²) in [7, 11) is 0. The van der Waals surface area contributed by atoms with E-state index in [9.17, 15) is 0 Å². The van der Waals surface area contributed by atoms with Crippen molar-refractivity contribution in [2.45, 2.75) is 46.1 Å². The predicted octanol–water partition coefficient (Wildman–Crippen LogP) is 4.46. The molecule has 0 radical (unpaired) electrons. The molecule has 0 aromatic heterocycles. The van der Waals surface area contributed by atoms with E-state index in [1.54, 1.807) is 0 Å². The lowest BCUT2D eigenvalue weighted by atomic mass is 10.1. The molecule has 2 aromatic rings. The first-order chi connectivity index (χ1) is 10.1. The molecular formula is C19H25NO. The first-order valence-electron chi connectivity index (χ1n) is 7.63. The van der Waals surface area contributed by atoms with Crippen molar-refractivity contribution in [3.05, 3.63) is 71.3 Å². The average Bonchev–Trinajstić information content (AvgIpc) is 2.52. The number of ether oxygens (including phenoxy) is 1. The summed E-state index contributed by atoms with van der Waals surface area (Å²) >= 11 is 0. The lowest BCUT2D eigenvalue weighted by Gasteiger charge is -2.14. The normalized spacial score (nSPS) is 12.6. The molecule has 1 unspecified atom stereocenters. The molecule has 0 bridgehead atoms. The molecule has 0 spiro atoms. The second-order valence-electron chi connectivity index (χ2n) is 5.72. The zero-order chi connectivity index (χ0) is 15.1. The lowest BCUT2D eigenvalue weighted by molar-refractivity contribution is 0.0525. The molecule has 0 saturated heterocycles. The second kappa shape index (κ2) is 7.96. The third-order valence-corrected chi connectivity index (χ3v) is 3.51. The van der Waals surface area contributed by atoms with Crippen LogP contribution >= 0.6 is 0 Å². The summed E-state index contributed by atoms with van der Waals surface area (Å²) in [6, 6.07) is 19.5. The maximum Gasteiger partial charge on any atom is 0.0801 e. The van der Waals surface area contributed by atoms with Gasteiger partial charge in [-0.3, -0.25) is 0 Å². The van der Waals surface area contributed by atoms with Crippen LogP contribution in [0.3, 0.4) is 0 Å². The molecular weight excluding hydrogens is 258 g/mol. The Morgan fingerprint density at radius 2 is 1.48 bits per heavy atom. The molecule has 0 aliphatic carbocycles. The number of rotatable bonds is 7. The van der Waals surface area contributed by atoms with Gasteiger partial charge in [0.2, 0.25) is 0 Å². The van der Waals surface area contributed by atoms with E-state index in [1.165, 1.54) is 16.7 Å². The number of hydrogen-bond donors (Lipinski definition) is 1. The minimum Gasteiger partial charge on any atom is -0.369 e. The highest BCUT2D eigenvalue weighted by atomic mass is 16.5. The monoisotopic (exact) mass is 283 g/mol. The molecule has 2 aromatic carbocycles. The van der Waals surface area contributed by atoms with Crippen LogP contribution in [0.2, 0.25) is 0 Å². The van der Waals surface area contributed by atoms with E-state index in [0.29, 0.717) is 12.6 Å². The van der Waals surface area contributed by atoms with Crippen molar-refractivity contribution < 1.29 is 4.74 Å². The van der Waals surface area contributed by atoms with Gasteiger partial charge in [-0.05, 0) is 23.6 Å². The van der Waals surface area contributed by atoms with E-state index < -0.39 is 0 Å². The molecule has 1 N–H and O–H groups in total. The fourth-order valence-electron chi connectivity index (χ4n) is 2.12. The molecule has 0 fully saturated rings. The topological polar surface area (TPSA) is 21.3 Å². The Hall–Kier alpha value is -1.64. The van der Waals surface area contributed by atoms with Crippen molar-refractivity contribution in [3.8, 4) is 0 Å². The van der Waals surface area contributed by atoms with E-state index in [1.807, 2.05) is 18.2 Å². The Morgan fingerprint density at radius 3 is 2.10 bits per heavy atom. The van der Waals surface area contributed by atoms with Gasteiger partial charge < -0.3 is 10.1 Å². The van der Waals surface area contributed by atoms with Crippen LogP contribution in [-0.2, 0) is 17.9 Å². The molecule has 2 rings (SSSR count). The van der Waals surface area contributed by atoms with E-state index in [2.05, 4.69) is 62.5 Å². The summed E-state index contributed by atoms with van der Waals surface area (Å²) < 4.78 is 5.94. The van der Waals surface area contributed by atoms with E-state index in [-0.39, 0.29) is 6.10 Å². The standard InChI is InChI=1S/C19H25NO/c1-15(2)20-13-17-9-11-18(12-10-17)14-21-16(3)19-7-5-4-6-8-19/h4-12,15-16,20H,13-14H2,1-3H3. The van der Waals surface area contributed by atoms with Crippen molar-refractivity contribution in [2.24, 2.45) is 0 Å². The maximum absolute atomic E-state index is 5.94. The highest BCUT2D eigenvalue weighted by Gasteiger charge is 2.05. The summed E-state index contributed by atoms with van der Waals surface area (Å²) in [6.07, 6.45) is 0.119. The van der Waals surface area contributed by atoms with Crippen LogP contribution in [0.15, 0.2) is 54.6 Å². The van der Waals surface area contributed by atoms with E-state index in [0.717, 1.165) is 6.54 Å². The quantitative estimate of drug-likeness (QED) is 0.810. The van der Waals surface area contributed by atoms with Crippen molar-refractivity contribution in [1.29, 1.82) is 0 Å². The Kier molecular flexibility index (Phi) is 5.97. The smallest absolute Gasteiger partial charge is 0.0801 e. The highest BCUT2D eigenvalue weighted by molar-refractivity contribution is 5.22. The number of nitrogens with one attached hydrogen (secondary N) is 1. The van der Waals surface area contributed by atoms with Crippen molar-refractivity contribution in [3.63, 3.8) is 0 Å². The van der Waals surface area contributed by atoms with Gasteiger partial charge in [0, 0.05) is 12.6 Å². The van der Waals surface area contributed by atoms with Gasteiger partial charge in [-0.2, -0.15) is 0 Å². The van der Waals surface area contributed by atoms with Gasteiger partial charge in [-0.25, -0.2) is 0 Å². The van der Waals surface area contributed by atoms with Gasteiger partial charge in [0.25, 0.3) is 0 Å².